The summed E-state index contributed by atoms with van der Waals surface area (Å²) in [6.07, 6.45) is -0.998. The third-order valence-corrected chi connectivity index (χ3v) is 5.63. The van der Waals surface area contributed by atoms with Crippen LogP contribution in [0.1, 0.15) is 21.3 Å². The minimum absolute atomic E-state index is 0.0536. The molecule has 1 heterocycles. The molecule has 1 aromatic heterocycles. The predicted octanol–water partition coefficient (Wildman–Crippen LogP) is 4.58. The number of nitro benzene ring substituents is 1. The molecule has 9 heteroatoms. The van der Waals surface area contributed by atoms with Gasteiger partial charge in [-0.15, -0.1) is 11.3 Å². The van der Waals surface area contributed by atoms with Crippen LogP contribution in [0.25, 0.3) is 10.1 Å². The van der Waals surface area contributed by atoms with Crippen LogP contribution < -0.4 is 5.32 Å². The number of rotatable bonds is 5. The molecule has 6 nitrogen and oxygen atoms in total. The van der Waals surface area contributed by atoms with Crippen molar-refractivity contribution in [3.63, 3.8) is 0 Å². The average molecular weight is 411 g/mol. The van der Waals surface area contributed by atoms with Gasteiger partial charge in [-0.05, 0) is 29.8 Å². The van der Waals surface area contributed by atoms with Crippen LogP contribution in [-0.2, 0) is 0 Å². The molecule has 0 aliphatic carbocycles. The van der Waals surface area contributed by atoms with E-state index < -0.39 is 16.9 Å². The number of nitrogens with one attached hydrogen (secondary N) is 1. The van der Waals surface area contributed by atoms with E-state index in [1.807, 2.05) is 0 Å². The standard InChI is InChI=1S/C17H12Cl2N2O4S/c18-10-3-6-12-14(7-10)26-16(15(12)19)17(23)20-8-13(22)9-1-4-11(5-2-9)21(24)25/h1-7,13,22H,8H2,(H,20,23). The van der Waals surface area contributed by atoms with E-state index in [9.17, 15) is 20.0 Å². The maximum Gasteiger partial charge on any atom is 0.269 e. The minimum Gasteiger partial charge on any atom is -0.387 e. The summed E-state index contributed by atoms with van der Waals surface area (Å²) < 4.78 is 0.795. The van der Waals surface area contributed by atoms with Gasteiger partial charge in [0.05, 0.1) is 16.0 Å². The van der Waals surface area contributed by atoms with Crippen LogP contribution in [0.4, 0.5) is 5.69 Å². The van der Waals surface area contributed by atoms with Gasteiger partial charge in [-0.25, -0.2) is 0 Å². The summed E-state index contributed by atoms with van der Waals surface area (Å²) >= 11 is 13.4. The predicted molar refractivity (Wildman–Crippen MR) is 102 cm³/mol. The Hall–Kier alpha value is -2.19. The molecule has 0 radical (unpaired) electrons. The van der Waals surface area contributed by atoms with Crippen molar-refractivity contribution in [1.82, 2.24) is 5.32 Å². The highest BCUT2D eigenvalue weighted by molar-refractivity contribution is 7.21. The van der Waals surface area contributed by atoms with Crippen molar-refractivity contribution >= 4 is 56.2 Å². The number of carbonyl (C=O) groups excluding carboxylic acids is 1. The number of amides is 1. The molecular formula is C17H12Cl2N2O4S. The fourth-order valence-corrected chi connectivity index (χ4v) is 4.10. The summed E-state index contributed by atoms with van der Waals surface area (Å²) in [5.74, 6) is -0.409. The molecular weight excluding hydrogens is 399 g/mol. The monoisotopic (exact) mass is 410 g/mol. The molecule has 1 unspecified atom stereocenters. The van der Waals surface area contributed by atoms with Crippen molar-refractivity contribution < 1.29 is 14.8 Å². The molecule has 134 valence electrons. The summed E-state index contributed by atoms with van der Waals surface area (Å²) in [4.78, 5) is 22.8. The van der Waals surface area contributed by atoms with Crippen LogP contribution in [0.2, 0.25) is 10.0 Å². The lowest BCUT2D eigenvalue weighted by Crippen LogP contribution is -2.27. The van der Waals surface area contributed by atoms with E-state index >= 15 is 0 Å². The van der Waals surface area contributed by atoms with Gasteiger partial charge < -0.3 is 10.4 Å². The number of halogens is 2. The highest BCUT2D eigenvalue weighted by Crippen LogP contribution is 2.36. The van der Waals surface area contributed by atoms with E-state index in [1.54, 1.807) is 18.2 Å². The van der Waals surface area contributed by atoms with Crippen LogP contribution >= 0.6 is 34.5 Å². The number of aliphatic hydroxyl groups excluding tert-OH is 1. The Bertz CT molecular complexity index is 988. The molecule has 0 saturated heterocycles. The van der Waals surface area contributed by atoms with E-state index in [2.05, 4.69) is 5.32 Å². The quantitative estimate of drug-likeness (QED) is 0.475. The summed E-state index contributed by atoms with van der Waals surface area (Å²) in [6.45, 7) is -0.0536. The molecule has 26 heavy (non-hydrogen) atoms. The van der Waals surface area contributed by atoms with Crippen LogP contribution in [0, 0.1) is 10.1 Å². The van der Waals surface area contributed by atoms with Gasteiger partial charge in [0.15, 0.2) is 0 Å². The number of hydrogen-bond donors (Lipinski definition) is 2. The van der Waals surface area contributed by atoms with Gasteiger partial charge in [0.25, 0.3) is 11.6 Å². The number of non-ortho nitro benzene ring substituents is 1. The van der Waals surface area contributed by atoms with Crippen molar-refractivity contribution in [1.29, 1.82) is 0 Å². The van der Waals surface area contributed by atoms with E-state index in [1.165, 1.54) is 35.6 Å². The summed E-state index contributed by atoms with van der Waals surface area (Å²) in [5.41, 5.74) is 0.394. The molecule has 2 N–H and O–H groups in total. The van der Waals surface area contributed by atoms with Gasteiger partial charge in [-0.3, -0.25) is 14.9 Å². The number of nitro groups is 1. The Morgan fingerprint density at radius 1 is 1.23 bits per heavy atom. The molecule has 0 bridgehead atoms. The lowest BCUT2D eigenvalue weighted by molar-refractivity contribution is -0.384. The molecule has 0 spiro atoms. The first-order chi connectivity index (χ1) is 12.4. The molecule has 3 rings (SSSR count). The lowest BCUT2D eigenvalue weighted by atomic mass is 10.1. The number of hydrogen-bond acceptors (Lipinski definition) is 5. The second-order valence-corrected chi connectivity index (χ2v) is 7.33. The number of aliphatic hydroxyl groups is 1. The fraction of sp³-hybridized carbons (Fsp3) is 0.118. The van der Waals surface area contributed by atoms with Crippen LogP contribution in [0.5, 0.6) is 0 Å². The zero-order valence-corrected chi connectivity index (χ0v) is 15.4. The van der Waals surface area contributed by atoms with Gasteiger partial charge >= 0.3 is 0 Å². The first-order valence-corrected chi connectivity index (χ1v) is 9.02. The molecule has 1 atom stereocenters. The Morgan fingerprint density at radius 2 is 1.92 bits per heavy atom. The van der Waals surface area contributed by atoms with E-state index in [0.717, 1.165) is 10.1 Å². The zero-order valence-electron chi connectivity index (χ0n) is 13.1. The molecule has 0 aliphatic rings. The first-order valence-electron chi connectivity index (χ1n) is 7.45. The van der Waals surface area contributed by atoms with Gasteiger partial charge in [0.1, 0.15) is 4.88 Å². The maximum atomic E-state index is 12.4. The first kappa shape index (κ1) is 18.6. The number of benzene rings is 2. The number of thiophene rings is 1. The Balaban J connectivity index is 1.70. The minimum atomic E-state index is -0.998. The highest BCUT2D eigenvalue weighted by Gasteiger charge is 2.19. The summed E-state index contributed by atoms with van der Waals surface area (Å²) in [6, 6.07) is 10.7. The fourth-order valence-electron chi connectivity index (χ4n) is 2.39. The second kappa shape index (κ2) is 7.59. The largest absolute Gasteiger partial charge is 0.387 e. The third kappa shape index (κ3) is 3.81. The third-order valence-electron chi connectivity index (χ3n) is 3.74. The van der Waals surface area contributed by atoms with Gasteiger partial charge in [0, 0.05) is 33.8 Å². The summed E-state index contributed by atoms with van der Waals surface area (Å²) in [7, 11) is 0. The number of fused-ring (bicyclic) bond motifs is 1. The Morgan fingerprint density at radius 3 is 2.58 bits per heavy atom. The van der Waals surface area contributed by atoms with Crippen molar-refractivity contribution in [2.45, 2.75) is 6.10 Å². The average Bonchev–Trinajstić information content (AvgIpc) is 2.95. The molecule has 3 aromatic rings. The molecule has 0 saturated carbocycles. The Kier molecular flexibility index (Phi) is 5.43. The van der Waals surface area contributed by atoms with E-state index in [4.69, 9.17) is 23.2 Å². The highest BCUT2D eigenvalue weighted by atomic mass is 35.5. The van der Waals surface area contributed by atoms with Gasteiger partial charge in [-0.2, -0.15) is 0 Å². The topological polar surface area (TPSA) is 92.5 Å². The van der Waals surface area contributed by atoms with Crippen LogP contribution in [0.15, 0.2) is 42.5 Å². The van der Waals surface area contributed by atoms with Crippen molar-refractivity contribution in [3.8, 4) is 0 Å². The van der Waals surface area contributed by atoms with E-state index in [-0.39, 0.29) is 12.2 Å². The normalized spacial score (nSPS) is 12.1. The smallest absolute Gasteiger partial charge is 0.269 e. The van der Waals surface area contributed by atoms with Crippen molar-refractivity contribution in [3.05, 3.63) is 73.1 Å². The summed E-state index contributed by atoms with van der Waals surface area (Å²) in [5, 5.41) is 25.1. The van der Waals surface area contributed by atoms with Crippen LogP contribution in [-0.4, -0.2) is 22.5 Å². The lowest BCUT2D eigenvalue weighted by Gasteiger charge is -2.11. The second-order valence-electron chi connectivity index (χ2n) is 5.46. The van der Waals surface area contributed by atoms with E-state index in [0.29, 0.717) is 20.5 Å². The van der Waals surface area contributed by atoms with Crippen LogP contribution in [0.3, 0.4) is 0 Å². The number of carbonyl (C=O) groups is 1. The van der Waals surface area contributed by atoms with Crippen molar-refractivity contribution in [2.75, 3.05) is 6.54 Å². The maximum absolute atomic E-state index is 12.4. The molecule has 0 aliphatic heterocycles. The Labute approximate surface area is 162 Å². The molecule has 0 fully saturated rings. The van der Waals surface area contributed by atoms with Gasteiger partial charge in [0.2, 0.25) is 0 Å². The SMILES string of the molecule is O=C(NCC(O)c1ccc([N+](=O)[O-])cc1)c1sc2cc(Cl)ccc2c1Cl. The zero-order chi connectivity index (χ0) is 18.8. The van der Waals surface area contributed by atoms with Gasteiger partial charge in [-0.1, -0.05) is 29.3 Å². The number of nitrogens with zero attached hydrogens (tertiary/aromatic N) is 1. The molecule has 1 amide bonds. The van der Waals surface area contributed by atoms with Crippen molar-refractivity contribution in [2.24, 2.45) is 0 Å². The molecule has 2 aromatic carbocycles.